The number of benzene rings is 1. The van der Waals surface area contributed by atoms with Crippen LogP contribution in [0.4, 0.5) is 0 Å². The number of aryl methyl sites for hydroxylation is 1. The standard InChI is InChI=1S/C11H14N2O6S/c1-6-2-3-7(4-8(6)10(12)15)20(18,19)13-9(5-14)11(16)17/h2-4,9,13-14H,5H2,1H3,(H2,12,15)(H,16,17)/t9-/m0/s1. The summed E-state index contributed by atoms with van der Waals surface area (Å²) in [5.41, 5.74) is 5.63. The van der Waals surface area contributed by atoms with Gasteiger partial charge in [-0.15, -0.1) is 0 Å². The number of nitrogens with two attached hydrogens (primary N) is 1. The minimum Gasteiger partial charge on any atom is -0.480 e. The monoisotopic (exact) mass is 302 g/mol. The van der Waals surface area contributed by atoms with Gasteiger partial charge in [-0.25, -0.2) is 8.42 Å². The molecule has 0 heterocycles. The maximum Gasteiger partial charge on any atom is 0.324 e. The molecule has 0 spiro atoms. The Labute approximate surface area is 115 Å². The Morgan fingerprint density at radius 2 is 2.00 bits per heavy atom. The van der Waals surface area contributed by atoms with Crippen LogP contribution in [0.1, 0.15) is 15.9 Å². The van der Waals surface area contributed by atoms with E-state index in [1.54, 1.807) is 6.92 Å². The van der Waals surface area contributed by atoms with Crippen LogP contribution in [0.5, 0.6) is 0 Å². The third-order valence-corrected chi connectivity index (χ3v) is 4.03. The van der Waals surface area contributed by atoms with E-state index in [0.29, 0.717) is 5.56 Å². The van der Waals surface area contributed by atoms with Crippen molar-refractivity contribution >= 4 is 21.9 Å². The van der Waals surface area contributed by atoms with Crippen LogP contribution in [-0.2, 0) is 14.8 Å². The molecule has 0 aliphatic rings. The molecular formula is C11H14N2O6S. The predicted molar refractivity (Wildman–Crippen MR) is 68.5 cm³/mol. The molecule has 0 bridgehead atoms. The molecule has 0 saturated carbocycles. The highest BCUT2D eigenvalue weighted by Gasteiger charge is 2.25. The first-order chi connectivity index (χ1) is 9.19. The van der Waals surface area contributed by atoms with Crippen molar-refractivity contribution in [2.24, 2.45) is 5.73 Å². The molecule has 1 amide bonds. The molecule has 110 valence electrons. The van der Waals surface area contributed by atoms with Gasteiger partial charge in [-0.3, -0.25) is 9.59 Å². The van der Waals surface area contributed by atoms with Crippen molar-refractivity contribution in [2.45, 2.75) is 17.9 Å². The van der Waals surface area contributed by atoms with E-state index in [1.807, 2.05) is 4.72 Å². The molecular weight excluding hydrogens is 288 g/mol. The van der Waals surface area contributed by atoms with Crippen LogP contribution >= 0.6 is 0 Å². The Bertz CT molecular complexity index is 640. The summed E-state index contributed by atoms with van der Waals surface area (Å²) in [5.74, 6) is -2.31. The summed E-state index contributed by atoms with van der Waals surface area (Å²) in [4.78, 5) is 21.6. The number of aliphatic hydroxyl groups is 1. The number of primary amides is 1. The van der Waals surface area contributed by atoms with Crippen molar-refractivity contribution in [3.63, 3.8) is 0 Å². The quantitative estimate of drug-likeness (QED) is 0.520. The van der Waals surface area contributed by atoms with Crippen molar-refractivity contribution in [2.75, 3.05) is 6.61 Å². The number of hydrogen-bond acceptors (Lipinski definition) is 5. The number of amides is 1. The fourth-order valence-electron chi connectivity index (χ4n) is 1.45. The number of aliphatic hydroxyl groups excluding tert-OH is 1. The summed E-state index contributed by atoms with van der Waals surface area (Å²) in [6.45, 7) is 0.681. The van der Waals surface area contributed by atoms with Gasteiger partial charge in [0.15, 0.2) is 0 Å². The smallest absolute Gasteiger partial charge is 0.324 e. The van der Waals surface area contributed by atoms with Gasteiger partial charge in [0.25, 0.3) is 0 Å². The molecule has 5 N–H and O–H groups in total. The number of carboxylic acids is 1. The van der Waals surface area contributed by atoms with Crippen LogP contribution in [0.2, 0.25) is 0 Å². The Hall–Kier alpha value is -1.97. The normalized spacial score (nSPS) is 12.9. The number of carbonyl (C=O) groups is 2. The van der Waals surface area contributed by atoms with Crippen molar-refractivity contribution in [1.29, 1.82) is 0 Å². The van der Waals surface area contributed by atoms with Gasteiger partial charge in [-0.1, -0.05) is 6.07 Å². The molecule has 1 aromatic rings. The lowest BCUT2D eigenvalue weighted by Gasteiger charge is -2.13. The van der Waals surface area contributed by atoms with Gasteiger partial charge in [-0.05, 0) is 24.6 Å². The molecule has 20 heavy (non-hydrogen) atoms. The average Bonchev–Trinajstić information content (AvgIpc) is 2.35. The third-order valence-electron chi connectivity index (χ3n) is 2.56. The Morgan fingerprint density at radius 1 is 1.40 bits per heavy atom. The second-order valence-corrected chi connectivity index (χ2v) is 5.75. The Kier molecular flexibility index (Phi) is 4.82. The summed E-state index contributed by atoms with van der Waals surface area (Å²) in [6.07, 6.45) is 0. The Morgan fingerprint density at radius 3 is 2.45 bits per heavy atom. The third kappa shape index (κ3) is 3.53. The maximum atomic E-state index is 12.0. The van der Waals surface area contributed by atoms with Crippen molar-refractivity contribution < 1.29 is 28.2 Å². The first kappa shape index (κ1) is 16.1. The van der Waals surface area contributed by atoms with E-state index in [-0.39, 0.29) is 10.5 Å². The molecule has 0 fully saturated rings. The van der Waals surface area contributed by atoms with Crippen LogP contribution in [0.15, 0.2) is 23.1 Å². The second kappa shape index (κ2) is 5.99. The number of nitrogens with one attached hydrogen (secondary N) is 1. The van der Waals surface area contributed by atoms with Crippen LogP contribution in [0, 0.1) is 6.92 Å². The van der Waals surface area contributed by atoms with Gasteiger partial charge in [0.1, 0.15) is 6.04 Å². The lowest BCUT2D eigenvalue weighted by molar-refractivity contribution is -0.139. The number of aliphatic carboxylic acids is 1. The minimum absolute atomic E-state index is 0.0174. The number of carboxylic acid groups (broad SMARTS) is 1. The molecule has 0 saturated heterocycles. The molecule has 0 unspecified atom stereocenters. The van der Waals surface area contributed by atoms with Gasteiger partial charge in [0.2, 0.25) is 15.9 Å². The van der Waals surface area contributed by atoms with Crippen molar-refractivity contribution in [3.05, 3.63) is 29.3 Å². The first-order valence-electron chi connectivity index (χ1n) is 5.45. The van der Waals surface area contributed by atoms with Gasteiger partial charge in [0, 0.05) is 5.56 Å². The summed E-state index contributed by atoms with van der Waals surface area (Å²) in [7, 11) is -4.19. The zero-order valence-corrected chi connectivity index (χ0v) is 11.3. The molecule has 1 rings (SSSR count). The van der Waals surface area contributed by atoms with Gasteiger partial charge >= 0.3 is 5.97 Å². The highest BCUT2D eigenvalue weighted by atomic mass is 32.2. The van der Waals surface area contributed by atoms with Crippen LogP contribution in [0.25, 0.3) is 0 Å². The number of hydrogen-bond donors (Lipinski definition) is 4. The number of rotatable bonds is 6. The fourth-order valence-corrected chi connectivity index (χ4v) is 2.66. The topological polar surface area (TPSA) is 147 Å². The average molecular weight is 302 g/mol. The van der Waals surface area contributed by atoms with E-state index >= 15 is 0 Å². The minimum atomic E-state index is -4.19. The summed E-state index contributed by atoms with van der Waals surface area (Å²) < 4.78 is 25.7. The lowest BCUT2D eigenvalue weighted by Crippen LogP contribution is -2.43. The van der Waals surface area contributed by atoms with E-state index in [9.17, 15) is 18.0 Å². The number of sulfonamides is 1. The van der Waals surface area contributed by atoms with E-state index < -0.39 is 34.5 Å². The molecule has 1 aromatic carbocycles. The van der Waals surface area contributed by atoms with Gasteiger partial charge < -0.3 is 15.9 Å². The molecule has 0 aliphatic carbocycles. The van der Waals surface area contributed by atoms with Crippen LogP contribution in [-0.4, -0.2) is 43.2 Å². The van der Waals surface area contributed by atoms with E-state index in [1.165, 1.54) is 12.1 Å². The highest BCUT2D eigenvalue weighted by molar-refractivity contribution is 7.89. The molecule has 0 aliphatic heterocycles. The Balaban J connectivity index is 3.19. The van der Waals surface area contributed by atoms with Crippen molar-refractivity contribution in [1.82, 2.24) is 4.72 Å². The van der Waals surface area contributed by atoms with E-state index in [0.717, 1.165) is 6.07 Å². The zero-order chi connectivity index (χ0) is 15.5. The van der Waals surface area contributed by atoms with Crippen LogP contribution in [0.3, 0.4) is 0 Å². The van der Waals surface area contributed by atoms with E-state index in [2.05, 4.69) is 0 Å². The molecule has 8 nitrogen and oxygen atoms in total. The summed E-state index contributed by atoms with van der Waals surface area (Å²) in [6, 6.07) is 1.97. The largest absolute Gasteiger partial charge is 0.480 e. The number of carbonyl (C=O) groups excluding carboxylic acids is 1. The maximum absolute atomic E-state index is 12.0. The SMILES string of the molecule is Cc1ccc(S(=O)(=O)N[C@@H](CO)C(=O)O)cc1C(N)=O. The molecule has 1 atom stereocenters. The van der Waals surface area contributed by atoms with Crippen LogP contribution < -0.4 is 10.5 Å². The second-order valence-electron chi connectivity index (χ2n) is 4.04. The highest BCUT2D eigenvalue weighted by Crippen LogP contribution is 2.15. The first-order valence-corrected chi connectivity index (χ1v) is 6.94. The predicted octanol–water partition coefficient (Wildman–Crippen LogP) is -1.18. The lowest BCUT2D eigenvalue weighted by atomic mass is 10.1. The fraction of sp³-hybridized carbons (Fsp3) is 0.273. The van der Waals surface area contributed by atoms with E-state index in [4.69, 9.17) is 15.9 Å². The van der Waals surface area contributed by atoms with Gasteiger partial charge in [-0.2, -0.15) is 4.72 Å². The summed E-state index contributed by atoms with van der Waals surface area (Å²) in [5, 5.41) is 17.5. The molecule has 9 heteroatoms. The van der Waals surface area contributed by atoms with Gasteiger partial charge in [0.05, 0.1) is 11.5 Å². The summed E-state index contributed by atoms with van der Waals surface area (Å²) >= 11 is 0. The molecule has 0 radical (unpaired) electrons. The van der Waals surface area contributed by atoms with Crippen molar-refractivity contribution in [3.8, 4) is 0 Å². The zero-order valence-electron chi connectivity index (χ0n) is 10.5. The molecule has 0 aromatic heterocycles.